The third kappa shape index (κ3) is 9.05. The molecule has 5 rings (SSSR count). The highest BCUT2D eigenvalue weighted by Crippen LogP contribution is 2.43. The minimum atomic E-state index is -0.476. The third-order valence-electron chi connectivity index (χ3n) is 10.5. The van der Waals surface area contributed by atoms with Crippen molar-refractivity contribution in [3.05, 3.63) is 63.1 Å². The van der Waals surface area contributed by atoms with E-state index in [2.05, 4.69) is 20.7 Å². The molecule has 3 saturated heterocycles. The summed E-state index contributed by atoms with van der Waals surface area (Å²) in [6.07, 6.45) is 0. The molecule has 0 aliphatic carbocycles. The molecule has 3 aliphatic heterocycles. The molecule has 50 heavy (non-hydrogen) atoms. The molecule has 3 aliphatic rings. The Morgan fingerprint density at radius 2 is 0.860 bits per heavy atom. The maximum Gasteiger partial charge on any atom is 0.494 e. The quantitative estimate of drug-likeness (QED) is 0.242. The molecule has 2 aromatic rings. The lowest BCUT2D eigenvalue weighted by atomic mass is 9.49. The standard InChI is InChI=1S/C15H21BO4.C12H24B2O4.C9H9BrO2/c1-10-9-11(7-8-12(10)13(17)18-6)16-19-14(2,3)15(4,5)20-16;1-9(2)10(3,4)16-13(15-9)14-17-11(5,6)12(7,8)18-14;1-6-5-7(10)3-4-8(6)9(11)12-2/h7-9H,1-6H3;1-8H3;3-5H,1-2H3. The summed E-state index contributed by atoms with van der Waals surface area (Å²) < 4.78 is 46.2. The molecule has 3 heterocycles. The zero-order valence-electron chi connectivity index (χ0n) is 32.7. The molecule has 0 atom stereocenters. The zero-order chi connectivity index (χ0) is 38.3. The van der Waals surface area contributed by atoms with Gasteiger partial charge in [-0.05, 0) is 138 Å². The highest BCUT2D eigenvalue weighted by molar-refractivity contribution is 9.10. The molecule has 0 spiro atoms. The van der Waals surface area contributed by atoms with Crippen molar-refractivity contribution in [3.63, 3.8) is 0 Å². The van der Waals surface area contributed by atoms with Crippen LogP contribution in [0.15, 0.2) is 40.9 Å². The van der Waals surface area contributed by atoms with Crippen LogP contribution in [-0.2, 0) is 37.4 Å². The average Bonchev–Trinajstić information content (AvgIpc) is 3.46. The summed E-state index contributed by atoms with van der Waals surface area (Å²) >= 11 is 3.32. The number of carbonyl (C=O) groups excluding carboxylic acids is 2. The second-order valence-electron chi connectivity index (χ2n) is 15.9. The number of hydrogen-bond acceptors (Lipinski definition) is 10. The Bertz CT molecular complexity index is 1470. The van der Waals surface area contributed by atoms with Crippen molar-refractivity contribution >= 4 is 54.5 Å². The number of esters is 2. The lowest BCUT2D eigenvalue weighted by Crippen LogP contribution is -2.41. The molecular formula is C36H54B3BrO10. The van der Waals surface area contributed by atoms with Crippen LogP contribution in [-0.4, -0.2) is 80.9 Å². The first-order valence-corrected chi connectivity index (χ1v) is 17.6. The molecule has 0 aromatic heterocycles. The largest absolute Gasteiger partial charge is 0.494 e. The number of benzene rings is 2. The predicted molar refractivity (Wildman–Crippen MR) is 201 cm³/mol. The monoisotopic (exact) mass is 758 g/mol. The van der Waals surface area contributed by atoms with Gasteiger partial charge in [0.2, 0.25) is 0 Å². The van der Waals surface area contributed by atoms with Crippen LogP contribution in [0.4, 0.5) is 0 Å². The topological polar surface area (TPSA) is 108 Å². The van der Waals surface area contributed by atoms with Gasteiger partial charge in [0.05, 0.1) is 59.0 Å². The summed E-state index contributed by atoms with van der Waals surface area (Å²) in [4.78, 5) is 22.7. The fourth-order valence-corrected chi connectivity index (χ4v) is 5.59. The Morgan fingerprint density at radius 1 is 0.540 bits per heavy atom. The maximum atomic E-state index is 11.6. The van der Waals surface area contributed by atoms with Crippen molar-refractivity contribution in [2.45, 2.75) is 131 Å². The normalized spacial score (nSPS) is 21.8. The number of methoxy groups -OCH3 is 2. The van der Waals surface area contributed by atoms with Crippen molar-refractivity contribution in [3.8, 4) is 0 Å². The van der Waals surface area contributed by atoms with Gasteiger partial charge in [0.1, 0.15) is 0 Å². The van der Waals surface area contributed by atoms with Crippen molar-refractivity contribution < 1.29 is 47.0 Å². The van der Waals surface area contributed by atoms with E-state index in [9.17, 15) is 9.59 Å². The van der Waals surface area contributed by atoms with Gasteiger partial charge in [-0.3, -0.25) is 0 Å². The minimum absolute atomic E-state index is 0.292. The van der Waals surface area contributed by atoms with Gasteiger partial charge < -0.3 is 37.4 Å². The van der Waals surface area contributed by atoms with E-state index in [0.717, 1.165) is 21.1 Å². The van der Waals surface area contributed by atoms with E-state index in [1.165, 1.54) is 14.2 Å². The Morgan fingerprint density at radius 3 is 1.18 bits per heavy atom. The van der Waals surface area contributed by atoms with Gasteiger partial charge in [-0.25, -0.2) is 9.59 Å². The van der Waals surface area contributed by atoms with Crippen LogP contribution in [0.25, 0.3) is 0 Å². The number of carbonyl (C=O) groups is 2. The van der Waals surface area contributed by atoms with Crippen LogP contribution in [0.3, 0.4) is 0 Å². The average molecular weight is 759 g/mol. The maximum absolute atomic E-state index is 11.6. The summed E-state index contributed by atoms with van der Waals surface area (Å²) in [6.45, 7) is 28.0. The Balaban J connectivity index is 0.000000209. The molecule has 0 unspecified atom stereocenters. The minimum Gasteiger partial charge on any atom is -0.465 e. The van der Waals surface area contributed by atoms with E-state index in [-0.39, 0.29) is 45.5 Å². The van der Waals surface area contributed by atoms with E-state index in [4.69, 9.17) is 32.7 Å². The van der Waals surface area contributed by atoms with Crippen molar-refractivity contribution in [1.82, 2.24) is 0 Å². The fraction of sp³-hybridized carbons (Fsp3) is 0.611. The van der Waals surface area contributed by atoms with Crippen LogP contribution in [0.5, 0.6) is 0 Å². The van der Waals surface area contributed by atoms with Gasteiger partial charge in [-0.15, -0.1) is 0 Å². The Hall–Kier alpha value is -2.19. The second kappa shape index (κ2) is 15.0. The number of rotatable bonds is 4. The summed E-state index contributed by atoms with van der Waals surface area (Å²) in [5.41, 5.74) is 1.67. The molecule has 0 radical (unpaired) electrons. The van der Waals surface area contributed by atoms with Crippen molar-refractivity contribution in [1.29, 1.82) is 0 Å². The lowest BCUT2D eigenvalue weighted by Gasteiger charge is -2.32. The van der Waals surface area contributed by atoms with E-state index >= 15 is 0 Å². The molecular weight excluding hydrogens is 705 g/mol. The molecule has 0 amide bonds. The molecule has 274 valence electrons. The van der Waals surface area contributed by atoms with E-state index in [1.807, 2.05) is 121 Å². The molecule has 10 nitrogen and oxygen atoms in total. The summed E-state index contributed by atoms with van der Waals surface area (Å²) in [5.74, 6) is -0.622. The molecule has 14 heteroatoms. The first kappa shape index (κ1) is 42.2. The van der Waals surface area contributed by atoms with Crippen LogP contribution >= 0.6 is 15.9 Å². The molecule has 0 saturated carbocycles. The number of hydrogen-bond donors (Lipinski definition) is 0. The zero-order valence-corrected chi connectivity index (χ0v) is 34.2. The number of halogens is 1. The number of aryl methyl sites for hydroxylation is 2. The van der Waals surface area contributed by atoms with Crippen LogP contribution in [0.2, 0.25) is 0 Å². The summed E-state index contributed by atoms with van der Waals surface area (Å²) in [5, 5.41) is 0. The van der Waals surface area contributed by atoms with Crippen LogP contribution in [0, 0.1) is 13.8 Å². The molecule has 0 N–H and O–H groups in total. The summed E-state index contributed by atoms with van der Waals surface area (Å²) in [6, 6.07) is 11.0. The predicted octanol–water partition coefficient (Wildman–Crippen LogP) is 6.87. The van der Waals surface area contributed by atoms with Crippen LogP contribution in [0.1, 0.15) is 115 Å². The Labute approximate surface area is 308 Å². The van der Waals surface area contributed by atoms with Gasteiger partial charge in [0.25, 0.3) is 0 Å². The molecule has 2 aromatic carbocycles. The van der Waals surface area contributed by atoms with E-state index in [0.29, 0.717) is 11.1 Å². The van der Waals surface area contributed by atoms with Crippen LogP contribution < -0.4 is 5.46 Å². The molecule has 0 bridgehead atoms. The van der Waals surface area contributed by atoms with Crippen molar-refractivity contribution in [2.75, 3.05) is 14.2 Å². The highest BCUT2D eigenvalue weighted by atomic mass is 79.9. The van der Waals surface area contributed by atoms with Gasteiger partial charge in [0.15, 0.2) is 0 Å². The second-order valence-corrected chi connectivity index (χ2v) is 16.8. The first-order valence-electron chi connectivity index (χ1n) is 16.8. The van der Waals surface area contributed by atoms with Gasteiger partial charge >= 0.3 is 33.1 Å². The van der Waals surface area contributed by atoms with E-state index < -0.39 is 21.1 Å². The van der Waals surface area contributed by atoms with Gasteiger partial charge in [0, 0.05) is 4.47 Å². The number of ether oxygens (including phenoxy) is 2. The molecule has 3 fully saturated rings. The first-order chi connectivity index (χ1) is 22.7. The lowest BCUT2D eigenvalue weighted by molar-refractivity contribution is 0.00578. The van der Waals surface area contributed by atoms with Crippen molar-refractivity contribution in [2.24, 2.45) is 0 Å². The summed E-state index contributed by atoms with van der Waals surface area (Å²) in [7, 11) is 1.39. The van der Waals surface area contributed by atoms with Gasteiger partial charge in [-0.2, -0.15) is 0 Å². The highest BCUT2D eigenvalue weighted by Gasteiger charge is 2.63. The smallest absolute Gasteiger partial charge is 0.465 e. The van der Waals surface area contributed by atoms with E-state index in [1.54, 1.807) is 12.1 Å². The van der Waals surface area contributed by atoms with Gasteiger partial charge in [-0.1, -0.05) is 28.1 Å². The third-order valence-corrected chi connectivity index (χ3v) is 11.0. The fourth-order valence-electron chi connectivity index (χ4n) is 5.12. The Kier molecular flexibility index (Phi) is 12.7. The SMILES string of the molecule is CC1(C)OB(B2OC(C)(C)C(C)(C)O2)OC1(C)C.COC(=O)c1ccc(B2OC(C)(C)C(C)(C)O2)cc1C.COC(=O)c1ccc(Br)cc1C.